The summed E-state index contributed by atoms with van der Waals surface area (Å²) >= 11 is 5.90. The van der Waals surface area contributed by atoms with E-state index in [4.69, 9.17) is 11.6 Å². The molecule has 0 radical (unpaired) electrons. The third-order valence-corrected chi connectivity index (χ3v) is 3.92. The molecule has 1 aromatic carbocycles. The second kappa shape index (κ2) is 9.02. The van der Waals surface area contributed by atoms with E-state index in [2.05, 4.69) is 32.9 Å². The van der Waals surface area contributed by atoms with Gasteiger partial charge in [-0.05, 0) is 48.8 Å². The minimum Gasteiger partial charge on any atom is -0.345 e. The summed E-state index contributed by atoms with van der Waals surface area (Å²) in [6.45, 7) is 8.32. The van der Waals surface area contributed by atoms with Gasteiger partial charge in [0.05, 0.1) is 0 Å². The van der Waals surface area contributed by atoms with Crippen LogP contribution >= 0.6 is 11.6 Å². The highest BCUT2D eigenvalue weighted by Crippen LogP contribution is 2.22. The molecule has 3 heteroatoms. The predicted molar refractivity (Wildman–Crippen MR) is 86.2 cm³/mol. The van der Waals surface area contributed by atoms with Gasteiger partial charge in [0.1, 0.15) is 0 Å². The van der Waals surface area contributed by atoms with Crippen LogP contribution in [-0.4, -0.2) is 24.4 Å². The van der Waals surface area contributed by atoms with Gasteiger partial charge in [-0.15, -0.1) is 0 Å². The Morgan fingerprint density at radius 3 is 2.30 bits per heavy atom. The number of hydrogen-bond donors (Lipinski definition) is 0. The van der Waals surface area contributed by atoms with Crippen LogP contribution in [0.15, 0.2) is 24.3 Å². The summed E-state index contributed by atoms with van der Waals surface area (Å²) in [4.78, 5) is 12.9. The Kier molecular flexibility index (Phi) is 7.68. The number of benzene rings is 1. The zero-order valence-corrected chi connectivity index (χ0v) is 13.6. The fourth-order valence-electron chi connectivity index (χ4n) is 2.20. The number of rotatable bonds is 9. The van der Waals surface area contributed by atoms with Crippen molar-refractivity contribution in [1.82, 2.24) is 4.90 Å². The molecule has 1 amide bonds. The zero-order valence-electron chi connectivity index (χ0n) is 12.8. The number of nitrogens with zero attached hydrogens (tertiary/aromatic N) is 1. The Morgan fingerprint density at radius 2 is 1.75 bits per heavy atom. The third kappa shape index (κ3) is 6.42. The van der Waals surface area contributed by atoms with E-state index in [1.54, 1.807) is 0 Å². The predicted octanol–water partition coefficient (Wildman–Crippen LogP) is 4.73. The first-order valence-electron chi connectivity index (χ1n) is 7.47. The van der Waals surface area contributed by atoms with Crippen molar-refractivity contribution < 1.29 is 4.79 Å². The maximum Gasteiger partial charge on any atom is 0.209 e. The number of amides is 1. The normalized spacial score (nSPS) is 12.4. The van der Waals surface area contributed by atoms with Crippen LogP contribution < -0.4 is 0 Å². The molecule has 0 N–H and O–H groups in total. The third-order valence-electron chi connectivity index (χ3n) is 3.66. The molecule has 0 aliphatic heterocycles. The molecule has 0 bridgehead atoms. The first-order chi connectivity index (χ1) is 9.52. The number of hydrogen-bond acceptors (Lipinski definition) is 1. The number of halogens is 1. The Bertz CT molecular complexity index is 388. The van der Waals surface area contributed by atoms with Crippen LogP contribution in [0.4, 0.5) is 0 Å². The molecular formula is C17H26ClNO. The molecule has 1 aromatic rings. The number of carbonyl (C=O) groups excluding carboxylic acids is 1. The van der Waals surface area contributed by atoms with Crippen molar-refractivity contribution in [2.24, 2.45) is 5.92 Å². The minimum absolute atomic E-state index is 0.505. The Hall–Kier alpha value is -1.02. The SMILES string of the molecule is CC(C)CCN(C=O)CCCC(C)c1ccc(Cl)cc1. The van der Waals surface area contributed by atoms with Gasteiger partial charge in [0.25, 0.3) is 0 Å². The summed E-state index contributed by atoms with van der Waals surface area (Å²) in [5.74, 6) is 1.15. The average Bonchev–Trinajstić information content (AvgIpc) is 2.42. The van der Waals surface area contributed by atoms with Gasteiger partial charge in [-0.3, -0.25) is 4.79 Å². The van der Waals surface area contributed by atoms with Gasteiger partial charge >= 0.3 is 0 Å². The van der Waals surface area contributed by atoms with Crippen molar-refractivity contribution >= 4 is 18.0 Å². The molecule has 0 saturated heterocycles. The van der Waals surface area contributed by atoms with Crippen LogP contribution in [0.1, 0.15) is 51.5 Å². The average molecular weight is 296 g/mol. The van der Waals surface area contributed by atoms with E-state index < -0.39 is 0 Å². The lowest BCUT2D eigenvalue weighted by atomic mass is 9.96. The molecule has 1 rings (SSSR count). The van der Waals surface area contributed by atoms with Crippen LogP contribution in [0.2, 0.25) is 5.02 Å². The smallest absolute Gasteiger partial charge is 0.209 e. The summed E-state index contributed by atoms with van der Waals surface area (Å²) in [6.07, 6.45) is 4.19. The zero-order chi connectivity index (χ0) is 15.0. The second-order valence-electron chi connectivity index (χ2n) is 5.92. The molecule has 112 valence electrons. The fraction of sp³-hybridized carbons (Fsp3) is 0.588. The van der Waals surface area contributed by atoms with Gasteiger partial charge in [0.15, 0.2) is 0 Å². The molecule has 0 aliphatic carbocycles. The number of carbonyl (C=O) groups is 1. The standard InChI is InChI=1S/C17H26ClNO/c1-14(2)10-12-19(13-20)11-4-5-15(3)16-6-8-17(18)9-7-16/h6-9,13-15H,4-5,10-12H2,1-3H3. The molecule has 1 atom stereocenters. The molecule has 0 saturated carbocycles. The van der Waals surface area contributed by atoms with Crippen LogP contribution in [0.3, 0.4) is 0 Å². The lowest BCUT2D eigenvalue weighted by molar-refractivity contribution is -0.118. The minimum atomic E-state index is 0.505. The second-order valence-corrected chi connectivity index (χ2v) is 6.36. The van der Waals surface area contributed by atoms with Gasteiger partial charge in [-0.25, -0.2) is 0 Å². The van der Waals surface area contributed by atoms with E-state index >= 15 is 0 Å². The van der Waals surface area contributed by atoms with Gasteiger partial charge < -0.3 is 4.90 Å². The van der Waals surface area contributed by atoms with Gasteiger partial charge in [-0.1, -0.05) is 44.5 Å². The van der Waals surface area contributed by atoms with Gasteiger partial charge in [0, 0.05) is 18.1 Å². The van der Waals surface area contributed by atoms with Crippen LogP contribution in [-0.2, 0) is 4.79 Å². The van der Waals surface area contributed by atoms with Crippen molar-refractivity contribution in [3.05, 3.63) is 34.9 Å². The molecule has 0 fully saturated rings. The van der Waals surface area contributed by atoms with Crippen molar-refractivity contribution in [3.8, 4) is 0 Å². The first kappa shape index (κ1) is 17.0. The molecule has 0 aliphatic rings. The largest absolute Gasteiger partial charge is 0.345 e. The quantitative estimate of drug-likeness (QED) is 0.603. The summed E-state index contributed by atoms with van der Waals surface area (Å²) < 4.78 is 0. The Balaban J connectivity index is 2.31. The lowest BCUT2D eigenvalue weighted by Gasteiger charge is -2.19. The monoisotopic (exact) mass is 295 g/mol. The van der Waals surface area contributed by atoms with E-state index in [9.17, 15) is 4.79 Å². The highest BCUT2D eigenvalue weighted by Gasteiger charge is 2.07. The van der Waals surface area contributed by atoms with E-state index in [-0.39, 0.29) is 0 Å². The summed E-state index contributed by atoms with van der Waals surface area (Å²) in [6, 6.07) is 8.05. The Labute approximate surface area is 128 Å². The maximum absolute atomic E-state index is 11.0. The lowest BCUT2D eigenvalue weighted by Crippen LogP contribution is -2.25. The maximum atomic E-state index is 11.0. The van der Waals surface area contributed by atoms with E-state index in [0.717, 1.165) is 43.8 Å². The van der Waals surface area contributed by atoms with Crippen molar-refractivity contribution in [3.63, 3.8) is 0 Å². The van der Waals surface area contributed by atoms with E-state index in [1.807, 2.05) is 17.0 Å². The van der Waals surface area contributed by atoms with Crippen molar-refractivity contribution in [1.29, 1.82) is 0 Å². The molecule has 2 nitrogen and oxygen atoms in total. The highest BCUT2D eigenvalue weighted by molar-refractivity contribution is 6.30. The molecule has 0 spiro atoms. The van der Waals surface area contributed by atoms with Crippen LogP contribution in [0.5, 0.6) is 0 Å². The van der Waals surface area contributed by atoms with Gasteiger partial charge in [-0.2, -0.15) is 0 Å². The summed E-state index contributed by atoms with van der Waals surface area (Å²) in [5.41, 5.74) is 1.31. The van der Waals surface area contributed by atoms with Crippen molar-refractivity contribution in [2.75, 3.05) is 13.1 Å². The van der Waals surface area contributed by atoms with Crippen LogP contribution in [0.25, 0.3) is 0 Å². The Morgan fingerprint density at radius 1 is 1.10 bits per heavy atom. The van der Waals surface area contributed by atoms with Crippen LogP contribution in [0, 0.1) is 5.92 Å². The van der Waals surface area contributed by atoms with Crippen molar-refractivity contribution in [2.45, 2.75) is 46.0 Å². The van der Waals surface area contributed by atoms with E-state index in [1.165, 1.54) is 5.56 Å². The molecule has 0 heterocycles. The fourth-order valence-corrected chi connectivity index (χ4v) is 2.33. The molecular weight excluding hydrogens is 270 g/mol. The van der Waals surface area contributed by atoms with Gasteiger partial charge in [0.2, 0.25) is 6.41 Å². The first-order valence-corrected chi connectivity index (χ1v) is 7.85. The summed E-state index contributed by atoms with van der Waals surface area (Å²) in [7, 11) is 0. The van der Waals surface area contributed by atoms with E-state index in [0.29, 0.717) is 11.8 Å². The molecule has 1 unspecified atom stereocenters. The highest BCUT2D eigenvalue weighted by atomic mass is 35.5. The molecule has 0 aromatic heterocycles. The molecule has 20 heavy (non-hydrogen) atoms. The summed E-state index contributed by atoms with van der Waals surface area (Å²) in [5, 5.41) is 0.779. The topological polar surface area (TPSA) is 20.3 Å².